The van der Waals surface area contributed by atoms with Crippen LogP contribution >= 0.6 is 19.9 Å². The summed E-state index contributed by atoms with van der Waals surface area (Å²) in [6.45, 7) is 0. The number of rotatable bonds is 5. The molecule has 1 aromatic heterocycles. The van der Waals surface area contributed by atoms with E-state index in [1.165, 1.54) is 0 Å². The Kier molecular flexibility index (Phi) is 8.76. The average molecular weight is 566 g/mol. The highest BCUT2D eigenvalue weighted by Gasteiger charge is 2.51. The molecule has 0 amide bonds. The van der Waals surface area contributed by atoms with E-state index in [2.05, 4.69) is 41.4 Å². The highest BCUT2D eigenvalue weighted by Crippen LogP contribution is 2.54. The lowest BCUT2D eigenvalue weighted by atomic mass is 10.2. The number of hydrogen-bond acceptors (Lipinski definition) is 7. The maximum Gasteiger partial charge on any atom is 0.296 e. The molecule has 0 saturated heterocycles. The summed E-state index contributed by atoms with van der Waals surface area (Å²) in [5.41, 5.74) is 0.679. The zero-order valence-electron chi connectivity index (χ0n) is 19.8. The first-order valence-corrected chi connectivity index (χ1v) is 14.8. The van der Waals surface area contributed by atoms with E-state index >= 15 is 0 Å². The molecule has 0 radical (unpaired) electrons. The molecule has 0 unspecified atom stereocenters. The lowest BCUT2D eigenvalue weighted by molar-refractivity contribution is -1.92. The Hall–Kier alpha value is -3.33. The van der Waals surface area contributed by atoms with Crippen LogP contribution in [0.25, 0.3) is 11.4 Å². The van der Waals surface area contributed by atoms with Crippen molar-refractivity contribution < 1.29 is 28.9 Å². The van der Waals surface area contributed by atoms with Crippen LogP contribution in [-0.2, 0) is 0 Å². The average Bonchev–Trinajstić information content (AvgIpc) is 2.92. The summed E-state index contributed by atoms with van der Waals surface area (Å²) in [5.74, 6) is 0.515. The molecule has 2 N–H and O–H groups in total. The van der Waals surface area contributed by atoms with Gasteiger partial charge in [-0.25, -0.2) is 4.98 Å². The molecule has 10 heteroatoms. The molecule has 0 fully saturated rings. The van der Waals surface area contributed by atoms with Crippen molar-refractivity contribution in [3.8, 4) is 11.4 Å². The van der Waals surface area contributed by atoms with Gasteiger partial charge in [-0.05, 0) is 36.4 Å². The Bertz CT molecular complexity index is 1430. The van der Waals surface area contributed by atoms with Gasteiger partial charge in [0.25, 0.3) is 5.56 Å². The number of benzene rings is 4. The summed E-state index contributed by atoms with van der Waals surface area (Å²) < 4.78 is 32.7. The number of nitrogens with zero attached hydrogens (tertiary/aromatic N) is 1. The van der Waals surface area contributed by atoms with Crippen LogP contribution in [0.1, 0.15) is 0 Å². The molecular weight excluding hydrogens is 543 g/mol. The minimum Gasteiger partial charge on any atom is -0.303 e. The van der Waals surface area contributed by atoms with Crippen LogP contribution in [0.4, 0.5) is 0 Å². The molecule has 0 atom stereocenters. The van der Waals surface area contributed by atoms with Gasteiger partial charge >= 0.3 is 0 Å². The second kappa shape index (κ2) is 12.0. The van der Waals surface area contributed by atoms with Gasteiger partial charge in [-0.2, -0.15) is 14.0 Å². The number of halogens is 1. The Balaban J connectivity index is 0.000000617. The van der Waals surface area contributed by atoms with E-state index in [0.29, 0.717) is 16.2 Å². The standard InChI is InChI=1S/C28H21N2OPS.ClHO4/c31-27-25(28(33)30-26(29-27)21-13-5-1-6-14-21)32(22-15-7-2-8-16-22,23-17-9-3-10-18-23)24-19-11-4-12-20-24;2-1(3,4)5/h1-20H,(H-,29,30,31,33);(H,2,3,4,5)/p+1. The van der Waals surface area contributed by atoms with Crippen LogP contribution in [0.5, 0.6) is 0 Å². The van der Waals surface area contributed by atoms with Crippen LogP contribution in [0.3, 0.4) is 0 Å². The minimum absolute atomic E-state index is 0.168. The van der Waals surface area contributed by atoms with Crippen LogP contribution < -0.4 is 40.8 Å². The maximum atomic E-state index is 13.9. The summed E-state index contributed by atoms with van der Waals surface area (Å²) in [6, 6.07) is 40.4. The Morgan fingerprint density at radius 1 is 0.684 bits per heavy atom. The van der Waals surface area contributed by atoms with E-state index in [9.17, 15) is 4.79 Å². The Morgan fingerprint density at radius 2 is 1.03 bits per heavy atom. The third kappa shape index (κ3) is 6.20. The smallest absolute Gasteiger partial charge is 0.296 e. The van der Waals surface area contributed by atoms with E-state index in [0.717, 1.165) is 21.5 Å². The van der Waals surface area contributed by atoms with E-state index < -0.39 is 17.5 Å². The van der Waals surface area contributed by atoms with Gasteiger partial charge in [-0.1, -0.05) is 84.9 Å². The molecule has 0 aliphatic heterocycles. The van der Waals surface area contributed by atoms with Gasteiger partial charge in [-0.15, -0.1) is 12.6 Å². The number of H-pyrrole nitrogens is 1. The van der Waals surface area contributed by atoms with Crippen molar-refractivity contribution in [1.82, 2.24) is 9.97 Å². The topological polar surface area (TPSA) is 135 Å². The summed E-state index contributed by atoms with van der Waals surface area (Å²) in [5, 5.41) is 4.30. The van der Waals surface area contributed by atoms with Crippen molar-refractivity contribution >= 4 is 41.1 Å². The summed E-state index contributed by atoms with van der Waals surface area (Å²) in [7, 11) is -7.27. The Morgan fingerprint density at radius 3 is 1.37 bits per heavy atom. The quantitative estimate of drug-likeness (QED) is 0.159. The summed E-state index contributed by atoms with van der Waals surface area (Å²) >= 11 is 4.83. The molecule has 192 valence electrons. The van der Waals surface area contributed by atoms with E-state index in [1.807, 2.05) is 84.9 Å². The normalized spacial score (nSPS) is 11.4. The monoisotopic (exact) mass is 565 g/mol. The molecule has 0 spiro atoms. The van der Waals surface area contributed by atoms with Crippen LogP contribution in [-0.4, -0.2) is 14.6 Å². The highest BCUT2D eigenvalue weighted by molar-refractivity contribution is 8.02. The molecule has 0 aliphatic carbocycles. The van der Waals surface area contributed by atoms with Gasteiger partial charge in [0.1, 0.15) is 26.8 Å². The summed E-state index contributed by atoms with van der Waals surface area (Å²) in [4.78, 5) is 21.7. The Labute approximate surface area is 227 Å². The second-order valence-corrected chi connectivity index (χ2v) is 12.6. The molecule has 0 aliphatic rings. The van der Waals surface area contributed by atoms with Gasteiger partial charge in [0.05, 0.1) is 14.9 Å². The zero-order valence-corrected chi connectivity index (χ0v) is 22.4. The highest BCUT2D eigenvalue weighted by atomic mass is 35.7. The van der Waals surface area contributed by atoms with Crippen molar-refractivity contribution in [2.24, 2.45) is 0 Å². The van der Waals surface area contributed by atoms with Gasteiger partial charge in [0.2, 0.25) is 5.30 Å². The molecule has 4 aromatic carbocycles. The first kappa shape index (κ1) is 27.7. The molecule has 5 aromatic rings. The fourth-order valence-electron chi connectivity index (χ4n) is 4.28. The molecule has 5 rings (SSSR count). The van der Waals surface area contributed by atoms with E-state index in [4.69, 9.17) is 36.2 Å². The fourth-order valence-corrected chi connectivity index (χ4v) is 9.17. The number of nitrogens with one attached hydrogen (secondary N) is 1. The van der Waals surface area contributed by atoms with E-state index in [-0.39, 0.29) is 5.56 Å². The minimum atomic E-state index is -4.69. The van der Waals surface area contributed by atoms with E-state index in [1.54, 1.807) is 0 Å². The predicted octanol–water partition coefficient (Wildman–Crippen LogP) is 0.221. The lowest BCUT2D eigenvalue weighted by Gasteiger charge is -2.27. The third-order valence-electron chi connectivity index (χ3n) is 5.69. The van der Waals surface area contributed by atoms with Crippen LogP contribution in [0.15, 0.2) is 131 Å². The van der Waals surface area contributed by atoms with Crippen molar-refractivity contribution in [2.45, 2.75) is 5.03 Å². The molecule has 0 saturated carbocycles. The van der Waals surface area contributed by atoms with Crippen LogP contribution in [0, 0.1) is 10.2 Å². The van der Waals surface area contributed by atoms with Crippen molar-refractivity contribution in [2.75, 3.05) is 0 Å². The van der Waals surface area contributed by atoms with Gasteiger partial charge in [0, 0.05) is 5.56 Å². The van der Waals surface area contributed by atoms with Gasteiger partial charge in [0.15, 0.2) is 7.26 Å². The number of hydrogen-bond donors (Lipinski definition) is 3. The van der Waals surface area contributed by atoms with Crippen molar-refractivity contribution in [1.29, 1.82) is 0 Å². The van der Waals surface area contributed by atoms with Gasteiger partial charge in [-0.3, -0.25) is 4.79 Å². The molecule has 1 heterocycles. The maximum absolute atomic E-state index is 13.9. The van der Waals surface area contributed by atoms with Gasteiger partial charge < -0.3 is 4.98 Å². The number of aromatic nitrogens is 2. The lowest BCUT2D eigenvalue weighted by Crippen LogP contribution is -2.58. The van der Waals surface area contributed by atoms with Crippen LogP contribution in [0.2, 0.25) is 0 Å². The molecule has 7 nitrogen and oxygen atoms in total. The molecule has 0 bridgehead atoms. The van der Waals surface area contributed by atoms with Crippen molar-refractivity contribution in [3.05, 3.63) is 132 Å². The zero-order chi connectivity index (χ0) is 27.2. The largest absolute Gasteiger partial charge is 0.303 e. The first-order chi connectivity index (χ1) is 18.2. The second-order valence-electron chi connectivity index (χ2n) is 8.03. The SMILES string of the molecule is O=c1[nH]c(-c2ccccc2)nc(S)c1[P+](c1ccccc1)(c1ccccc1)c1ccccc1.[O-][Cl+3]([O-])([O-])O. The predicted molar refractivity (Wildman–Crippen MR) is 145 cm³/mol. The molecule has 38 heavy (non-hydrogen) atoms. The first-order valence-electron chi connectivity index (χ1n) is 11.3. The number of thiol groups is 1. The summed E-state index contributed by atoms with van der Waals surface area (Å²) in [6.07, 6.45) is 0. The van der Waals surface area contributed by atoms with Crippen molar-refractivity contribution in [3.63, 3.8) is 0 Å². The number of aromatic amines is 1. The molecular formula is C28H23ClN2O5PS+. The fraction of sp³-hybridized carbons (Fsp3) is 0. The third-order valence-corrected chi connectivity index (χ3v) is 10.5.